The number of rotatable bonds is 5. The van der Waals surface area contributed by atoms with E-state index >= 15 is 0 Å². The van der Waals surface area contributed by atoms with Gasteiger partial charge in [0.1, 0.15) is 0 Å². The predicted molar refractivity (Wildman–Crippen MR) is 88.2 cm³/mol. The lowest BCUT2D eigenvalue weighted by molar-refractivity contribution is -0.122. The van der Waals surface area contributed by atoms with Crippen LogP contribution in [0.25, 0.3) is 0 Å². The van der Waals surface area contributed by atoms with E-state index in [1.54, 1.807) is 0 Å². The highest BCUT2D eigenvalue weighted by Gasteiger charge is 2.19. The van der Waals surface area contributed by atoms with E-state index < -0.39 is 0 Å². The van der Waals surface area contributed by atoms with E-state index in [2.05, 4.69) is 20.2 Å². The molecule has 1 saturated carbocycles. The Kier molecular flexibility index (Phi) is 5.43. The molecule has 2 aliphatic rings. The van der Waals surface area contributed by atoms with Gasteiger partial charge in [0.25, 0.3) is 0 Å². The molecule has 23 heavy (non-hydrogen) atoms. The predicted octanol–water partition coefficient (Wildman–Crippen LogP) is 1.82. The van der Waals surface area contributed by atoms with Gasteiger partial charge in [-0.3, -0.25) is 4.79 Å². The highest BCUT2D eigenvalue weighted by Crippen LogP contribution is 2.27. The number of nitrogens with zero attached hydrogens (tertiary/aromatic N) is 3. The Hall–Kier alpha value is -1.69. The lowest BCUT2D eigenvalue weighted by Gasteiger charge is -2.27. The molecule has 6 nitrogen and oxygen atoms in total. The Labute approximate surface area is 137 Å². The van der Waals surface area contributed by atoms with Crippen molar-refractivity contribution < 1.29 is 9.53 Å². The molecule has 1 amide bonds. The number of aryl methyl sites for hydroxylation is 1. The van der Waals surface area contributed by atoms with Crippen LogP contribution in [0.5, 0.6) is 0 Å². The van der Waals surface area contributed by atoms with Gasteiger partial charge in [-0.2, -0.15) is 0 Å². The summed E-state index contributed by atoms with van der Waals surface area (Å²) in [6.07, 6.45) is 5.58. The summed E-state index contributed by atoms with van der Waals surface area (Å²) in [6, 6.07) is 1.94. The fourth-order valence-electron chi connectivity index (χ4n) is 3.35. The van der Waals surface area contributed by atoms with Gasteiger partial charge in [0.2, 0.25) is 11.9 Å². The van der Waals surface area contributed by atoms with Crippen LogP contribution in [0.4, 0.5) is 5.95 Å². The summed E-state index contributed by atoms with van der Waals surface area (Å²) in [6.45, 7) is 5.51. The van der Waals surface area contributed by atoms with Crippen molar-refractivity contribution in [2.75, 3.05) is 31.2 Å². The zero-order chi connectivity index (χ0) is 16.1. The normalized spacial score (nSPS) is 19.1. The molecule has 0 spiro atoms. The van der Waals surface area contributed by atoms with Crippen molar-refractivity contribution in [1.82, 2.24) is 15.3 Å². The molecule has 1 aliphatic carbocycles. The maximum atomic E-state index is 12.1. The number of anilines is 1. The number of morpholine rings is 1. The number of amides is 1. The van der Waals surface area contributed by atoms with Crippen LogP contribution < -0.4 is 10.2 Å². The van der Waals surface area contributed by atoms with E-state index in [0.29, 0.717) is 32.1 Å². The molecule has 1 N–H and O–H groups in total. The number of ether oxygens (including phenoxy) is 1. The van der Waals surface area contributed by atoms with E-state index in [4.69, 9.17) is 4.74 Å². The summed E-state index contributed by atoms with van der Waals surface area (Å²) in [5, 5.41) is 3.01. The molecule has 0 unspecified atom stereocenters. The minimum Gasteiger partial charge on any atom is -0.378 e. The lowest BCUT2D eigenvalue weighted by Crippen LogP contribution is -2.37. The minimum absolute atomic E-state index is 0.140. The number of carbonyl (C=O) groups excluding carboxylic acids is 1. The molecule has 1 aromatic heterocycles. The van der Waals surface area contributed by atoms with E-state index in [1.807, 2.05) is 13.0 Å². The van der Waals surface area contributed by atoms with Crippen LogP contribution in [0.2, 0.25) is 0 Å². The van der Waals surface area contributed by atoms with Crippen LogP contribution in [0.1, 0.15) is 43.5 Å². The lowest BCUT2D eigenvalue weighted by atomic mass is 10.0. The SMILES string of the molecule is Cc1cc(CNC(=O)CC2CCCC2)nc(N2CCOCC2)n1. The van der Waals surface area contributed by atoms with Crippen LogP contribution in [-0.4, -0.2) is 42.2 Å². The van der Waals surface area contributed by atoms with Gasteiger partial charge in [-0.05, 0) is 31.7 Å². The van der Waals surface area contributed by atoms with Crippen molar-refractivity contribution in [2.45, 2.75) is 45.6 Å². The van der Waals surface area contributed by atoms with E-state index in [0.717, 1.165) is 30.4 Å². The van der Waals surface area contributed by atoms with Crippen molar-refractivity contribution in [2.24, 2.45) is 5.92 Å². The molecule has 0 aromatic carbocycles. The molecule has 1 aromatic rings. The van der Waals surface area contributed by atoms with Crippen LogP contribution in [0.3, 0.4) is 0 Å². The van der Waals surface area contributed by atoms with Gasteiger partial charge in [0.15, 0.2) is 0 Å². The third-order valence-corrected chi connectivity index (χ3v) is 4.60. The van der Waals surface area contributed by atoms with Crippen LogP contribution in [0, 0.1) is 12.8 Å². The maximum Gasteiger partial charge on any atom is 0.225 e. The first-order chi connectivity index (χ1) is 11.2. The van der Waals surface area contributed by atoms with Crippen molar-refractivity contribution in [3.8, 4) is 0 Å². The second-order valence-electron chi connectivity index (χ2n) is 6.53. The summed E-state index contributed by atoms with van der Waals surface area (Å²) in [5.74, 6) is 1.46. The van der Waals surface area contributed by atoms with Gasteiger partial charge >= 0.3 is 0 Å². The first-order valence-corrected chi connectivity index (χ1v) is 8.64. The average Bonchev–Trinajstić information content (AvgIpc) is 3.06. The first kappa shape index (κ1) is 16.2. The van der Waals surface area contributed by atoms with Gasteiger partial charge < -0.3 is 15.0 Å². The summed E-state index contributed by atoms with van der Waals surface area (Å²) in [7, 11) is 0. The number of hydrogen-bond acceptors (Lipinski definition) is 5. The molecule has 0 bridgehead atoms. The number of nitrogens with one attached hydrogen (secondary N) is 1. The van der Waals surface area contributed by atoms with Gasteiger partial charge in [-0.1, -0.05) is 12.8 Å². The molecule has 6 heteroatoms. The quantitative estimate of drug-likeness (QED) is 0.897. The number of hydrogen-bond donors (Lipinski definition) is 1. The van der Waals surface area contributed by atoms with E-state index in [1.165, 1.54) is 25.7 Å². The Morgan fingerprint density at radius 2 is 2.04 bits per heavy atom. The second-order valence-corrected chi connectivity index (χ2v) is 6.53. The van der Waals surface area contributed by atoms with E-state index in [-0.39, 0.29) is 5.91 Å². The van der Waals surface area contributed by atoms with Crippen molar-refractivity contribution >= 4 is 11.9 Å². The monoisotopic (exact) mass is 318 g/mol. The third kappa shape index (κ3) is 4.64. The fourth-order valence-corrected chi connectivity index (χ4v) is 3.35. The van der Waals surface area contributed by atoms with Crippen LogP contribution in [0.15, 0.2) is 6.07 Å². The summed E-state index contributed by atoms with van der Waals surface area (Å²) < 4.78 is 5.37. The Bertz CT molecular complexity index is 537. The first-order valence-electron chi connectivity index (χ1n) is 8.64. The number of aromatic nitrogens is 2. The highest BCUT2D eigenvalue weighted by molar-refractivity contribution is 5.76. The molecule has 126 valence electrons. The molecule has 3 rings (SSSR count). The zero-order valence-corrected chi connectivity index (χ0v) is 13.9. The minimum atomic E-state index is 0.140. The van der Waals surface area contributed by atoms with Gasteiger partial charge in [-0.15, -0.1) is 0 Å². The molecule has 2 fully saturated rings. The number of carbonyl (C=O) groups is 1. The summed E-state index contributed by atoms with van der Waals surface area (Å²) in [5.41, 5.74) is 1.81. The van der Waals surface area contributed by atoms with Crippen molar-refractivity contribution in [3.63, 3.8) is 0 Å². The van der Waals surface area contributed by atoms with Crippen molar-refractivity contribution in [1.29, 1.82) is 0 Å². The molecule has 0 radical (unpaired) electrons. The smallest absolute Gasteiger partial charge is 0.225 e. The van der Waals surface area contributed by atoms with Crippen LogP contribution in [-0.2, 0) is 16.1 Å². The largest absolute Gasteiger partial charge is 0.378 e. The Morgan fingerprint density at radius 1 is 1.30 bits per heavy atom. The second kappa shape index (κ2) is 7.73. The average molecular weight is 318 g/mol. The van der Waals surface area contributed by atoms with Gasteiger partial charge in [0, 0.05) is 25.2 Å². The Balaban J connectivity index is 1.56. The summed E-state index contributed by atoms with van der Waals surface area (Å²) in [4.78, 5) is 23.3. The van der Waals surface area contributed by atoms with Crippen LogP contribution >= 0.6 is 0 Å². The van der Waals surface area contributed by atoms with Gasteiger partial charge in [-0.25, -0.2) is 9.97 Å². The molecular formula is C17H26N4O2. The Morgan fingerprint density at radius 3 is 2.78 bits per heavy atom. The molecule has 1 saturated heterocycles. The van der Waals surface area contributed by atoms with Crippen molar-refractivity contribution in [3.05, 3.63) is 17.5 Å². The third-order valence-electron chi connectivity index (χ3n) is 4.60. The maximum absolute atomic E-state index is 12.1. The highest BCUT2D eigenvalue weighted by atomic mass is 16.5. The fraction of sp³-hybridized carbons (Fsp3) is 0.706. The summed E-state index contributed by atoms with van der Waals surface area (Å²) >= 11 is 0. The molecule has 2 heterocycles. The van der Waals surface area contributed by atoms with E-state index in [9.17, 15) is 4.79 Å². The van der Waals surface area contributed by atoms with Gasteiger partial charge in [0.05, 0.1) is 25.5 Å². The molecule has 1 aliphatic heterocycles. The topological polar surface area (TPSA) is 67.4 Å². The standard InChI is InChI=1S/C17H26N4O2/c1-13-10-15(12-18-16(22)11-14-4-2-3-5-14)20-17(19-13)21-6-8-23-9-7-21/h10,14H,2-9,11-12H2,1H3,(H,18,22). The zero-order valence-electron chi connectivity index (χ0n) is 13.9. The molecular weight excluding hydrogens is 292 g/mol. The molecule has 0 atom stereocenters.